The summed E-state index contributed by atoms with van der Waals surface area (Å²) in [6.07, 6.45) is -5.61. The highest BCUT2D eigenvalue weighted by Crippen LogP contribution is 2.28. The molecule has 4 heterocycles. The molecule has 43 nitrogen and oxygen atoms in total. The van der Waals surface area contributed by atoms with Crippen molar-refractivity contribution in [1.29, 1.82) is 0 Å². The maximum absolute atomic E-state index is 14.1. The molecule has 0 radical (unpaired) electrons. The number of hydrogen-bond acceptors (Lipinski definition) is 32. The average Bonchev–Trinajstić information content (AvgIpc) is 1.65. The van der Waals surface area contributed by atoms with E-state index in [2.05, 4.69) is 58.5 Å². The Morgan fingerprint density at radius 3 is 0.912 bits per heavy atom. The van der Waals surface area contributed by atoms with Gasteiger partial charge in [0.05, 0.1) is 84.4 Å². The minimum atomic E-state index is -1.47. The van der Waals surface area contributed by atoms with Gasteiger partial charge in [0.25, 0.3) is 0 Å². The van der Waals surface area contributed by atoms with Crippen molar-refractivity contribution < 1.29 is 156 Å². The van der Waals surface area contributed by atoms with Crippen LogP contribution in [0.25, 0.3) is 0 Å². The zero-order valence-electron chi connectivity index (χ0n) is 73.5. The number of carbonyl (C=O) groups excluding carboxylic acids is 11. The van der Waals surface area contributed by atoms with Gasteiger partial charge in [-0.2, -0.15) is 0 Å². The normalized spacial score (nSPS) is 25.3. The first-order chi connectivity index (χ1) is 59.9. The summed E-state index contributed by atoms with van der Waals surface area (Å²) in [6, 6.07) is -3.30. The van der Waals surface area contributed by atoms with Gasteiger partial charge in [0.2, 0.25) is 65.0 Å². The Kier molecular flexibility index (Phi) is 56.8. The fourth-order valence-corrected chi connectivity index (χ4v) is 14.2. The van der Waals surface area contributed by atoms with Crippen molar-refractivity contribution in [3.63, 3.8) is 0 Å². The van der Waals surface area contributed by atoms with Crippen molar-refractivity contribution >= 4 is 65.0 Å². The molecule has 0 aromatic rings. The van der Waals surface area contributed by atoms with Gasteiger partial charge in [0.1, 0.15) is 84.7 Å². The van der Waals surface area contributed by atoms with Crippen LogP contribution in [0, 0.1) is 0 Å². The van der Waals surface area contributed by atoms with Gasteiger partial charge in [-0.3, -0.25) is 52.7 Å². The SMILES string of the molecule is CC(=O)NC1C(OCCCCC(=O)NCCCNC(=O)CCOCC(COCCC(=O)NCCCNC(=O)CCCCOC2OC(CO)C(O)C(O)C2NC(C)=O)(COCCC(=O)NCCCNC(=O)CCCCOC2OC(CO)C(O)C(O)C2NC(C)=O)NC(=O)CCCCCCCCCCC(=O)NCC2CC(OC(C)C)C(CO)O2)OC(CO)C(O)C1O. The first-order valence-electron chi connectivity index (χ1n) is 44.3. The van der Waals surface area contributed by atoms with Crippen molar-refractivity contribution in [1.82, 2.24) is 58.5 Å². The van der Waals surface area contributed by atoms with Crippen LogP contribution in [0.5, 0.6) is 0 Å². The largest absolute Gasteiger partial charge is 0.394 e. The summed E-state index contributed by atoms with van der Waals surface area (Å²) < 4.78 is 64.0. The highest BCUT2D eigenvalue weighted by atomic mass is 16.7. The number of aliphatic hydroxyl groups is 10. The Balaban J connectivity index is 1.30. The van der Waals surface area contributed by atoms with Gasteiger partial charge in [-0.1, -0.05) is 38.5 Å². The lowest BCUT2D eigenvalue weighted by atomic mass is 9.97. The molecular formula is C82H147N11O32. The lowest BCUT2D eigenvalue weighted by Crippen LogP contribution is -2.64. The van der Waals surface area contributed by atoms with Crippen molar-refractivity contribution in [2.75, 3.05) is 132 Å². The monoisotopic (exact) mass is 1800 g/mol. The van der Waals surface area contributed by atoms with Crippen molar-refractivity contribution in [2.45, 2.75) is 323 Å². The van der Waals surface area contributed by atoms with E-state index in [1.54, 1.807) is 0 Å². The molecule has 4 aliphatic heterocycles. The van der Waals surface area contributed by atoms with Gasteiger partial charge in [-0.05, 0) is 84.5 Å². The molecule has 4 saturated heterocycles. The highest BCUT2D eigenvalue weighted by molar-refractivity contribution is 5.79. The van der Waals surface area contributed by atoms with Gasteiger partial charge in [0.15, 0.2) is 18.9 Å². The second-order valence-corrected chi connectivity index (χ2v) is 32.2. The van der Waals surface area contributed by atoms with Crippen LogP contribution in [0.1, 0.15) is 202 Å². The smallest absolute Gasteiger partial charge is 0.222 e. The fraction of sp³-hybridized carbons (Fsp3) is 0.866. The van der Waals surface area contributed by atoms with Crippen LogP contribution in [0.2, 0.25) is 0 Å². The fourth-order valence-electron chi connectivity index (χ4n) is 14.2. The van der Waals surface area contributed by atoms with E-state index < -0.39 is 141 Å². The molecule has 0 aromatic carbocycles. The Hall–Kier alpha value is -6.67. The molecule has 18 unspecified atom stereocenters. The zero-order chi connectivity index (χ0) is 91.9. The summed E-state index contributed by atoms with van der Waals surface area (Å²) >= 11 is 0. The first-order valence-corrected chi connectivity index (χ1v) is 44.3. The van der Waals surface area contributed by atoms with Crippen LogP contribution in [0.3, 0.4) is 0 Å². The zero-order valence-corrected chi connectivity index (χ0v) is 73.5. The van der Waals surface area contributed by atoms with Gasteiger partial charge in [0, 0.05) is 144 Å². The predicted octanol–water partition coefficient (Wildman–Crippen LogP) is -4.72. The average molecular weight is 1800 g/mol. The van der Waals surface area contributed by atoms with Crippen molar-refractivity contribution in [3.05, 3.63) is 0 Å². The van der Waals surface area contributed by atoms with Crippen LogP contribution in [0.4, 0.5) is 0 Å². The van der Waals surface area contributed by atoms with E-state index in [4.69, 9.17) is 52.1 Å². The molecule has 722 valence electrons. The molecule has 4 rings (SSSR count). The van der Waals surface area contributed by atoms with Crippen LogP contribution in [0.15, 0.2) is 0 Å². The molecule has 0 saturated carbocycles. The number of nitrogens with one attached hydrogen (secondary N) is 11. The molecule has 18 atom stereocenters. The summed E-state index contributed by atoms with van der Waals surface area (Å²) in [5, 5.41) is 131. The molecule has 4 aliphatic rings. The lowest BCUT2D eigenvalue weighted by Gasteiger charge is -2.42. The Morgan fingerprint density at radius 2 is 0.616 bits per heavy atom. The molecule has 11 amide bonds. The number of rotatable bonds is 68. The summed E-state index contributed by atoms with van der Waals surface area (Å²) in [5.41, 5.74) is -1.44. The maximum atomic E-state index is 14.1. The van der Waals surface area contributed by atoms with E-state index in [9.17, 15) is 104 Å². The number of ether oxygens (including phenoxy) is 11. The number of carbonyl (C=O) groups is 11. The number of aliphatic hydroxyl groups excluding tert-OH is 10. The second kappa shape index (κ2) is 64.1. The molecule has 125 heavy (non-hydrogen) atoms. The standard InChI is InChI=1S/C82H147N11O32/c1-52(2)121-57-43-56(122-58(57)45-94)44-89-65(104)23-12-10-8-6-7-9-11-13-27-69(108)93-82(49-115-40-28-66(105)86-34-20-31-83-62(101)24-14-17-37-118-79-70(90-53(3)98)76(112)73(109)59(46-95)123-79,50-116-41-29-67(106)87-35-21-32-84-63(102)25-15-18-38-119-80-71(91-54(4)99)77(113)74(110)60(47-96)124-80)51-117-42-30-68(107)88-36-22-33-85-64(103)26-16-19-39-120-81-72(92-55(5)100)78(114)75(111)61(48-97)125-81/h52,56-61,70-81,94-97,109-114H,6-51H2,1-5H3,(H,83,101)(H,84,102)(H,85,103)(H,86,105)(H,87,106)(H,88,107)(H,89,104)(H,90,98)(H,91,99)(H,92,100)(H,93,108). The van der Waals surface area contributed by atoms with Crippen molar-refractivity contribution in [2.24, 2.45) is 0 Å². The third-order valence-corrected chi connectivity index (χ3v) is 20.9. The number of unbranched alkanes of at least 4 members (excludes halogenated alkanes) is 10. The predicted molar refractivity (Wildman–Crippen MR) is 444 cm³/mol. The van der Waals surface area contributed by atoms with Gasteiger partial charge in [-0.25, -0.2) is 0 Å². The minimum Gasteiger partial charge on any atom is -0.394 e. The first kappa shape index (κ1) is 111. The molecule has 21 N–H and O–H groups in total. The third kappa shape index (κ3) is 45.9. The Morgan fingerprint density at radius 1 is 0.336 bits per heavy atom. The van der Waals surface area contributed by atoms with Crippen LogP contribution >= 0.6 is 0 Å². The molecular weight excluding hydrogens is 1650 g/mol. The lowest BCUT2D eigenvalue weighted by molar-refractivity contribution is -0.270. The molecule has 0 spiro atoms. The summed E-state index contributed by atoms with van der Waals surface area (Å²) in [6.45, 7) is 6.27. The van der Waals surface area contributed by atoms with E-state index >= 15 is 0 Å². The molecule has 0 aliphatic carbocycles. The van der Waals surface area contributed by atoms with E-state index in [1.165, 1.54) is 20.8 Å². The van der Waals surface area contributed by atoms with E-state index in [0.29, 0.717) is 90.0 Å². The molecule has 0 bridgehead atoms. The number of amides is 11. The van der Waals surface area contributed by atoms with Crippen LogP contribution < -0.4 is 58.5 Å². The topological polar surface area (TPSA) is 624 Å². The number of hydrogen-bond donors (Lipinski definition) is 21. The molecule has 43 heteroatoms. The van der Waals surface area contributed by atoms with E-state index in [0.717, 1.165) is 38.5 Å². The van der Waals surface area contributed by atoms with E-state index in [-0.39, 0.29) is 216 Å². The van der Waals surface area contributed by atoms with Crippen LogP contribution in [-0.2, 0) is 105 Å². The Bertz CT molecular complexity index is 2860. The Labute approximate surface area is 731 Å². The van der Waals surface area contributed by atoms with E-state index in [1.807, 2.05) is 13.8 Å². The maximum Gasteiger partial charge on any atom is 0.222 e. The second-order valence-electron chi connectivity index (χ2n) is 32.2. The summed E-state index contributed by atoms with van der Waals surface area (Å²) in [5.74, 6) is -3.83. The minimum absolute atomic E-state index is 0.0224. The van der Waals surface area contributed by atoms with Gasteiger partial charge >= 0.3 is 0 Å². The third-order valence-electron chi connectivity index (χ3n) is 20.9. The van der Waals surface area contributed by atoms with Crippen LogP contribution in [-0.4, -0.2) is 370 Å². The van der Waals surface area contributed by atoms with Gasteiger partial charge in [-0.15, -0.1) is 0 Å². The highest BCUT2D eigenvalue weighted by Gasteiger charge is 2.48. The van der Waals surface area contributed by atoms with Crippen molar-refractivity contribution in [3.8, 4) is 0 Å². The summed E-state index contributed by atoms with van der Waals surface area (Å²) in [7, 11) is 0. The molecule has 4 fully saturated rings. The van der Waals surface area contributed by atoms with Gasteiger partial charge < -0.3 is 162 Å². The summed E-state index contributed by atoms with van der Waals surface area (Å²) in [4.78, 5) is 140. The quantitative estimate of drug-likeness (QED) is 0.0254. The molecule has 0 aromatic heterocycles.